The lowest BCUT2D eigenvalue weighted by Crippen LogP contribution is -1.95. The highest BCUT2D eigenvalue weighted by Crippen LogP contribution is 2.13. The van der Waals surface area contributed by atoms with Crippen molar-refractivity contribution in [3.63, 3.8) is 0 Å². The summed E-state index contributed by atoms with van der Waals surface area (Å²) in [6.07, 6.45) is 13.9. The van der Waals surface area contributed by atoms with Crippen molar-refractivity contribution >= 4 is 5.97 Å². The van der Waals surface area contributed by atoms with E-state index < -0.39 is 5.97 Å². The van der Waals surface area contributed by atoms with Gasteiger partial charge in [-0.15, -0.1) is 0 Å². The summed E-state index contributed by atoms with van der Waals surface area (Å²) in [5.74, 6) is -0.258. The molecular formula is C18H26O3. The number of unbranched alkanes of at least 4 members (excludes halogenated alkanes) is 7. The van der Waals surface area contributed by atoms with Crippen molar-refractivity contribution in [1.29, 1.82) is 0 Å². The van der Waals surface area contributed by atoms with Gasteiger partial charge in [0.15, 0.2) is 0 Å². The van der Waals surface area contributed by atoms with E-state index in [1.165, 1.54) is 44.9 Å². The number of carbonyl (C=O) groups is 1. The molecule has 1 aromatic carbocycles. The van der Waals surface area contributed by atoms with Crippen LogP contribution in [0, 0.1) is 0 Å². The Morgan fingerprint density at radius 3 is 2.29 bits per heavy atom. The molecule has 0 aliphatic carbocycles. The SMILES string of the molecule is CCCCCCCCCC=COc1ccc(C(=O)O)cc1. The van der Waals surface area contributed by atoms with Crippen molar-refractivity contribution in [2.24, 2.45) is 0 Å². The van der Waals surface area contributed by atoms with Gasteiger partial charge in [-0.2, -0.15) is 0 Å². The van der Waals surface area contributed by atoms with Crippen molar-refractivity contribution in [2.75, 3.05) is 0 Å². The molecule has 0 aliphatic heterocycles. The molecule has 0 aliphatic rings. The Morgan fingerprint density at radius 2 is 1.67 bits per heavy atom. The van der Waals surface area contributed by atoms with Gasteiger partial charge in [-0.3, -0.25) is 0 Å². The Kier molecular flexibility index (Phi) is 9.01. The van der Waals surface area contributed by atoms with Crippen LogP contribution in [-0.2, 0) is 0 Å². The second-order valence-electron chi connectivity index (χ2n) is 5.23. The number of carboxylic acids is 1. The zero-order valence-electron chi connectivity index (χ0n) is 12.9. The largest absolute Gasteiger partial charge is 0.478 e. The van der Waals surface area contributed by atoms with Crippen LogP contribution < -0.4 is 4.74 Å². The molecule has 1 rings (SSSR count). The van der Waals surface area contributed by atoms with E-state index in [0.29, 0.717) is 5.75 Å². The molecule has 0 amide bonds. The molecule has 0 heterocycles. The second-order valence-corrected chi connectivity index (χ2v) is 5.23. The van der Waals surface area contributed by atoms with Crippen LogP contribution in [0.4, 0.5) is 0 Å². The molecule has 3 heteroatoms. The minimum absolute atomic E-state index is 0.273. The van der Waals surface area contributed by atoms with E-state index in [0.717, 1.165) is 6.42 Å². The van der Waals surface area contributed by atoms with Crippen LogP contribution >= 0.6 is 0 Å². The summed E-state index contributed by atoms with van der Waals surface area (Å²) >= 11 is 0. The maximum absolute atomic E-state index is 10.7. The van der Waals surface area contributed by atoms with Gasteiger partial charge in [0.25, 0.3) is 0 Å². The zero-order chi connectivity index (χ0) is 15.3. The quantitative estimate of drug-likeness (QED) is 0.437. The van der Waals surface area contributed by atoms with Crippen LogP contribution in [0.2, 0.25) is 0 Å². The van der Waals surface area contributed by atoms with Crippen LogP contribution in [0.5, 0.6) is 5.75 Å². The third-order valence-corrected chi connectivity index (χ3v) is 3.38. The van der Waals surface area contributed by atoms with E-state index in [4.69, 9.17) is 9.84 Å². The van der Waals surface area contributed by atoms with Gasteiger partial charge >= 0.3 is 5.97 Å². The smallest absolute Gasteiger partial charge is 0.335 e. The highest BCUT2D eigenvalue weighted by atomic mass is 16.5. The number of hydrogen-bond acceptors (Lipinski definition) is 2. The fraction of sp³-hybridized carbons (Fsp3) is 0.500. The van der Waals surface area contributed by atoms with Crippen molar-refractivity contribution in [3.8, 4) is 5.75 Å². The zero-order valence-corrected chi connectivity index (χ0v) is 12.9. The molecule has 3 nitrogen and oxygen atoms in total. The average Bonchev–Trinajstić information content (AvgIpc) is 2.49. The number of rotatable bonds is 11. The average molecular weight is 290 g/mol. The Labute approximate surface area is 127 Å². The number of carboxylic acid groups (broad SMARTS) is 1. The predicted molar refractivity (Wildman–Crippen MR) is 85.8 cm³/mol. The molecule has 0 bridgehead atoms. The fourth-order valence-corrected chi connectivity index (χ4v) is 2.09. The van der Waals surface area contributed by atoms with Gasteiger partial charge in [0.2, 0.25) is 0 Å². The van der Waals surface area contributed by atoms with Crippen molar-refractivity contribution in [3.05, 3.63) is 42.2 Å². The second kappa shape index (κ2) is 11.0. The lowest BCUT2D eigenvalue weighted by atomic mass is 10.1. The molecule has 0 fully saturated rings. The number of allylic oxidation sites excluding steroid dienone is 1. The maximum Gasteiger partial charge on any atom is 0.335 e. The lowest BCUT2D eigenvalue weighted by molar-refractivity contribution is 0.0697. The van der Waals surface area contributed by atoms with Gasteiger partial charge in [0.05, 0.1) is 11.8 Å². The van der Waals surface area contributed by atoms with E-state index >= 15 is 0 Å². The van der Waals surface area contributed by atoms with Crippen molar-refractivity contribution in [1.82, 2.24) is 0 Å². The summed E-state index contributed by atoms with van der Waals surface area (Å²) in [5, 5.41) is 8.79. The Bertz CT molecular complexity index is 421. The number of aromatic carboxylic acids is 1. The van der Waals surface area contributed by atoms with Gasteiger partial charge in [0, 0.05) is 0 Å². The molecule has 1 aromatic rings. The van der Waals surface area contributed by atoms with Crippen LogP contribution in [0.25, 0.3) is 0 Å². The lowest BCUT2D eigenvalue weighted by Gasteiger charge is -2.01. The van der Waals surface area contributed by atoms with Crippen LogP contribution in [-0.4, -0.2) is 11.1 Å². The molecule has 0 saturated heterocycles. The third-order valence-electron chi connectivity index (χ3n) is 3.38. The summed E-state index contributed by atoms with van der Waals surface area (Å²) < 4.78 is 5.43. The van der Waals surface area contributed by atoms with Crippen LogP contribution in [0.3, 0.4) is 0 Å². The van der Waals surface area contributed by atoms with E-state index in [1.54, 1.807) is 30.5 Å². The van der Waals surface area contributed by atoms with E-state index in [2.05, 4.69) is 6.92 Å². The van der Waals surface area contributed by atoms with Crippen LogP contribution in [0.15, 0.2) is 36.6 Å². The number of ether oxygens (including phenoxy) is 1. The molecule has 0 atom stereocenters. The first kappa shape index (κ1) is 17.3. The van der Waals surface area contributed by atoms with Crippen molar-refractivity contribution in [2.45, 2.75) is 58.3 Å². The maximum atomic E-state index is 10.7. The molecule has 0 unspecified atom stereocenters. The highest BCUT2D eigenvalue weighted by molar-refractivity contribution is 5.87. The first-order valence-corrected chi connectivity index (χ1v) is 7.89. The summed E-state index contributed by atoms with van der Waals surface area (Å²) in [4.78, 5) is 10.7. The topological polar surface area (TPSA) is 46.5 Å². The monoisotopic (exact) mass is 290 g/mol. The Hall–Kier alpha value is -1.77. The molecule has 0 radical (unpaired) electrons. The van der Waals surface area contributed by atoms with E-state index in [-0.39, 0.29) is 5.56 Å². The molecule has 0 saturated carbocycles. The first-order chi connectivity index (χ1) is 10.2. The van der Waals surface area contributed by atoms with Crippen molar-refractivity contribution < 1.29 is 14.6 Å². The summed E-state index contributed by atoms with van der Waals surface area (Å²) in [7, 11) is 0. The van der Waals surface area contributed by atoms with E-state index in [9.17, 15) is 4.79 Å². The minimum atomic E-state index is -0.920. The predicted octanol–water partition coefficient (Wildman–Crippen LogP) is 5.42. The van der Waals surface area contributed by atoms with Gasteiger partial charge in [-0.25, -0.2) is 4.79 Å². The van der Waals surface area contributed by atoms with Crippen LogP contribution in [0.1, 0.15) is 68.6 Å². The standard InChI is InChI=1S/C18H26O3/c1-2-3-4-5-6-7-8-9-10-15-21-17-13-11-16(12-14-17)18(19)20/h10-15H,2-9H2,1H3,(H,19,20). The molecule has 1 N–H and O–H groups in total. The number of benzene rings is 1. The fourth-order valence-electron chi connectivity index (χ4n) is 2.09. The minimum Gasteiger partial charge on any atom is -0.478 e. The molecule has 0 aromatic heterocycles. The summed E-state index contributed by atoms with van der Waals surface area (Å²) in [6.45, 7) is 2.24. The molecular weight excluding hydrogens is 264 g/mol. The first-order valence-electron chi connectivity index (χ1n) is 7.89. The van der Waals surface area contributed by atoms with Gasteiger partial charge in [0.1, 0.15) is 5.75 Å². The molecule has 21 heavy (non-hydrogen) atoms. The third kappa shape index (κ3) is 8.18. The Morgan fingerprint density at radius 1 is 1.05 bits per heavy atom. The molecule has 0 spiro atoms. The normalized spacial score (nSPS) is 10.9. The van der Waals surface area contributed by atoms with Gasteiger partial charge in [-0.05, 0) is 43.2 Å². The Balaban J connectivity index is 2.08. The van der Waals surface area contributed by atoms with E-state index in [1.807, 2.05) is 6.08 Å². The summed E-state index contributed by atoms with van der Waals surface area (Å²) in [5.41, 5.74) is 0.273. The number of hydrogen-bond donors (Lipinski definition) is 1. The molecule has 116 valence electrons. The summed E-state index contributed by atoms with van der Waals surface area (Å²) in [6, 6.07) is 6.42. The highest BCUT2D eigenvalue weighted by Gasteiger charge is 2.00. The van der Waals surface area contributed by atoms with Gasteiger partial charge in [-0.1, -0.05) is 45.4 Å². The van der Waals surface area contributed by atoms with Gasteiger partial charge < -0.3 is 9.84 Å².